The first-order valence-corrected chi connectivity index (χ1v) is 24.4. The number of hydrogen-bond acceptors (Lipinski definition) is 3. The minimum atomic E-state index is -0.166. The van der Waals surface area contributed by atoms with Gasteiger partial charge in [-0.15, -0.1) is 0 Å². The van der Waals surface area contributed by atoms with Crippen molar-refractivity contribution in [2.45, 2.75) is 19.3 Å². The number of aromatic nitrogens is 5. The van der Waals surface area contributed by atoms with Gasteiger partial charge in [0, 0.05) is 43.8 Å². The van der Waals surface area contributed by atoms with Crippen molar-refractivity contribution >= 4 is 75.9 Å². The lowest BCUT2D eigenvalue weighted by molar-refractivity contribution is 0.660. The van der Waals surface area contributed by atoms with E-state index in [1.54, 1.807) is 0 Å². The molecule has 0 N–H and O–H groups in total. The van der Waals surface area contributed by atoms with Gasteiger partial charge in [-0.05, 0) is 114 Å². The molecule has 11 aromatic carbocycles. The molecule has 3 aromatic heterocycles. The van der Waals surface area contributed by atoms with E-state index < -0.39 is 0 Å². The summed E-state index contributed by atoms with van der Waals surface area (Å²) in [6, 6.07) is 81.4. The number of hydrogen-bond donors (Lipinski definition) is 0. The molecule has 5 heteroatoms. The van der Waals surface area contributed by atoms with Gasteiger partial charge in [0.05, 0.1) is 22.1 Å². The Morgan fingerprint density at radius 2 is 0.817 bits per heavy atom. The highest BCUT2D eigenvalue weighted by atomic mass is 15.2. The molecule has 0 spiro atoms. The quantitative estimate of drug-likeness (QED) is 0.162. The minimum absolute atomic E-state index is 0.166. The maximum atomic E-state index is 5.41. The molecule has 0 saturated heterocycles. The summed E-state index contributed by atoms with van der Waals surface area (Å²) in [5, 5.41) is 12.3. The zero-order chi connectivity index (χ0) is 47.0. The van der Waals surface area contributed by atoms with Crippen LogP contribution in [0.25, 0.3) is 133 Å². The van der Waals surface area contributed by atoms with Crippen LogP contribution < -0.4 is 0 Å². The van der Waals surface area contributed by atoms with Crippen LogP contribution in [0.2, 0.25) is 0 Å². The molecule has 5 nitrogen and oxygen atoms in total. The van der Waals surface area contributed by atoms with E-state index in [4.69, 9.17) is 15.0 Å². The predicted octanol–water partition coefficient (Wildman–Crippen LogP) is 16.8. The zero-order valence-electron chi connectivity index (χ0n) is 39.1. The summed E-state index contributed by atoms with van der Waals surface area (Å²) in [4.78, 5) is 16.0. The molecule has 332 valence electrons. The van der Waals surface area contributed by atoms with E-state index in [0.717, 1.165) is 49.7 Å². The van der Waals surface area contributed by atoms with Gasteiger partial charge in [-0.1, -0.05) is 190 Å². The van der Waals surface area contributed by atoms with Gasteiger partial charge in [0.1, 0.15) is 0 Å². The van der Waals surface area contributed by atoms with E-state index in [1.807, 2.05) is 18.2 Å². The predicted molar refractivity (Wildman–Crippen MR) is 295 cm³/mol. The molecule has 0 atom stereocenters. The lowest BCUT2D eigenvalue weighted by Crippen LogP contribution is -2.15. The van der Waals surface area contributed by atoms with E-state index >= 15 is 0 Å². The Morgan fingerprint density at radius 3 is 1.52 bits per heavy atom. The van der Waals surface area contributed by atoms with Crippen LogP contribution in [0.3, 0.4) is 0 Å². The molecular weight excluding hydrogens is 863 g/mol. The highest BCUT2D eigenvalue weighted by molar-refractivity contribution is 6.29. The molecule has 0 unspecified atom stereocenters. The summed E-state index contributed by atoms with van der Waals surface area (Å²) in [6.07, 6.45) is 0. The Hall–Kier alpha value is -9.19. The van der Waals surface area contributed by atoms with Crippen molar-refractivity contribution in [3.63, 3.8) is 0 Å². The normalized spacial score (nSPS) is 13.0. The van der Waals surface area contributed by atoms with Crippen molar-refractivity contribution in [1.82, 2.24) is 24.1 Å². The molecule has 0 amide bonds. The standard InChI is InChI=1S/C66H43N5/c1-66(2)55-28-13-10-25-50(55)51-34-32-43(39-56(51)66)64-67-63(40-17-4-3-5-18-40)68-65(69-64)71-58-30-15-12-27-53(58)62-60(71)36-35-59-61(62)52-26-11-14-29-57(52)70(59)44-20-16-19-41(37-44)42-31-33-49-47-23-7-6-21-45(47)46-22-8-9-24-48(46)54(49)38-42/h3-39H,1-2H3. The topological polar surface area (TPSA) is 48.5 Å². The van der Waals surface area contributed by atoms with Crippen LogP contribution in [-0.2, 0) is 5.41 Å². The first kappa shape index (κ1) is 39.8. The lowest BCUT2D eigenvalue weighted by Gasteiger charge is -2.21. The zero-order valence-corrected chi connectivity index (χ0v) is 39.1. The van der Waals surface area contributed by atoms with Crippen LogP contribution in [-0.4, -0.2) is 24.1 Å². The van der Waals surface area contributed by atoms with Gasteiger partial charge < -0.3 is 4.57 Å². The van der Waals surface area contributed by atoms with Crippen molar-refractivity contribution in [2.75, 3.05) is 0 Å². The van der Waals surface area contributed by atoms with Gasteiger partial charge in [0.2, 0.25) is 5.95 Å². The average molecular weight is 906 g/mol. The van der Waals surface area contributed by atoms with Crippen LogP contribution in [0.1, 0.15) is 25.0 Å². The Labute approximate surface area is 409 Å². The second-order valence-electron chi connectivity index (χ2n) is 19.5. The van der Waals surface area contributed by atoms with E-state index in [1.165, 1.54) is 76.5 Å². The van der Waals surface area contributed by atoms with E-state index in [2.05, 4.69) is 229 Å². The number of benzene rings is 11. The van der Waals surface area contributed by atoms with Gasteiger partial charge in [-0.2, -0.15) is 9.97 Å². The molecule has 3 heterocycles. The summed E-state index contributed by atoms with van der Waals surface area (Å²) in [5.74, 6) is 1.85. The molecule has 1 aliphatic carbocycles. The third kappa shape index (κ3) is 5.78. The number of fused-ring (bicyclic) bond motifs is 16. The SMILES string of the molecule is CC1(C)c2ccccc2-c2ccc(-c3nc(-c4ccccc4)nc(-n4c5ccccc5c5c6c7ccccc7n(-c7cccc(-c8ccc9c%10ccccc%10c%10ccccc%10c9c8)c7)c6ccc54)n3)cc21. The smallest absolute Gasteiger partial charge is 0.238 e. The van der Waals surface area contributed by atoms with Crippen LogP contribution in [0.15, 0.2) is 224 Å². The fourth-order valence-corrected chi connectivity index (χ4v) is 12.1. The second kappa shape index (κ2) is 14.9. The molecule has 14 aromatic rings. The van der Waals surface area contributed by atoms with Crippen molar-refractivity contribution in [3.05, 3.63) is 236 Å². The molecule has 0 saturated carbocycles. The lowest BCUT2D eigenvalue weighted by atomic mass is 9.82. The van der Waals surface area contributed by atoms with Crippen LogP contribution in [0.5, 0.6) is 0 Å². The molecule has 15 rings (SSSR count). The first-order valence-electron chi connectivity index (χ1n) is 24.4. The van der Waals surface area contributed by atoms with E-state index in [-0.39, 0.29) is 5.41 Å². The fourth-order valence-electron chi connectivity index (χ4n) is 12.1. The van der Waals surface area contributed by atoms with E-state index in [0.29, 0.717) is 17.6 Å². The molecule has 0 radical (unpaired) electrons. The maximum Gasteiger partial charge on any atom is 0.238 e. The van der Waals surface area contributed by atoms with Crippen molar-refractivity contribution < 1.29 is 0 Å². The van der Waals surface area contributed by atoms with Crippen molar-refractivity contribution in [2.24, 2.45) is 0 Å². The molecule has 1 aliphatic rings. The van der Waals surface area contributed by atoms with Crippen molar-refractivity contribution in [3.8, 4) is 56.7 Å². The van der Waals surface area contributed by atoms with Crippen molar-refractivity contribution in [1.29, 1.82) is 0 Å². The second-order valence-corrected chi connectivity index (χ2v) is 19.5. The van der Waals surface area contributed by atoms with E-state index in [9.17, 15) is 0 Å². The highest BCUT2D eigenvalue weighted by Crippen LogP contribution is 2.50. The molecule has 71 heavy (non-hydrogen) atoms. The van der Waals surface area contributed by atoms with Gasteiger partial charge in [0.25, 0.3) is 0 Å². The van der Waals surface area contributed by atoms with Crippen LogP contribution in [0, 0.1) is 0 Å². The highest BCUT2D eigenvalue weighted by Gasteiger charge is 2.35. The number of para-hydroxylation sites is 2. The maximum absolute atomic E-state index is 5.41. The van der Waals surface area contributed by atoms with Crippen LogP contribution in [0.4, 0.5) is 0 Å². The number of nitrogens with zero attached hydrogens (tertiary/aromatic N) is 5. The first-order chi connectivity index (χ1) is 35.0. The summed E-state index contributed by atoms with van der Waals surface area (Å²) in [6.45, 7) is 4.63. The minimum Gasteiger partial charge on any atom is -0.309 e. The Kier molecular flexibility index (Phi) is 8.35. The third-order valence-electron chi connectivity index (χ3n) is 15.4. The molecule has 0 bridgehead atoms. The van der Waals surface area contributed by atoms with Gasteiger partial charge in [-0.25, -0.2) is 4.98 Å². The fraction of sp³-hybridized carbons (Fsp3) is 0.0455. The van der Waals surface area contributed by atoms with Gasteiger partial charge >= 0.3 is 0 Å². The summed E-state index contributed by atoms with van der Waals surface area (Å²) in [7, 11) is 0. The summed E-state index contributed by atoms with van der Waals surface area (Å²) in [5.41, 5.74) is 14.7. The monoisotopic (exact) mass is 905 g/mol. The Balaban J connectivity index is 0.930. The van der Waals surface area contributed by atoms with Gasteiger partial charge in [0.15, 0.2) is 11.6 Å². The summed E-state index contributed by atoms with van der Waals surface area (Å²) < 4.78 is 4.68. The molecule has 0 fully saturated rings. The molecule has 0 aliphatic heterocycles. The third-order valence-corrected chi connectivity index (χ3v) is 15.4. The molecular formula is C66H43N5. The largest absolute Gasteiger partial charge is 0.309 e. The Bertz CT molecular complexity index is 4520. The number of rotatable bonds is 5. The van der Waals surface area contributed by atoms with Gasteiger partial charge in [-0.3, -0.25) is 4.57 Å². The summed E-state index contributed by atoms with van der Waals surface area (Å²) >= 11 is 0. The average Bonchev–Trinajstić information content (AvgIpc) is 4.03. The Morgan fingerprint density at radius 1 is 0.310 bits per heavy atom. The van der Waals surface area contributed by atoms with Crippen LogP contribution >= 0.6 is 0 Å².